The molecule has 0 aliphatic rings. The molecule has 2 aromatic heterocycles. The molecule has 0 aliphatic heterocycles. The number of rotatable bonds is 6. The quantitative estimate of drug-likeness (QED) is 0.835. The summed E-state index contributed by atoms with van der Waals surface area (Å²) in [4.78, 5) is 1.29. The van der Waals surface area contributed by atoms with Crippen LogP contribution in [0.5, 0.6) is 0 Å². The van der Waals surface area contributed by atoms with Gasteiger partial charge in [-0.1, -0.05) is 24.9 Å². The molecule has 0 fully saturated rings. The van der Waals surface area contributed by atoms with Crippen molar-refractivity contribution in [1.29, 1.82) is 0 Å². The Labute approximate surface area is 118 Å². The van der Waals surface area contributed by atoms with Crippen molar-refractivity contribution in [2.24, 2.45) is 0 Å². The molecule has 2 nitrogen and oxygen atoms in total. The van der Waals surface area contributed by atoms with Crippen molar-refractivity contribution in [3.05, 3.63) is 45.4 Å². The molecular weight excluding hydrogens is 264 g/mol. The van der Waals surface area contributed by atoms with Gasteiger partial charge >= 0.3 is 0 Å². The lowest BCUT2D eigenvalue weighted by Crippen LogP contribution is -2.15. The summed E-state index contributed by atoms with van der Waals surface area (Å²) in [5, 5.41) is 3.37. The standard InChI is InChI=1S/C14H19ClN2S/c1-3-4-13(16-2)11-7-8-17(9-11)10-12-5-6-14(15)18-12/h5-9,13,16H,3-4,10H2,1-2H3. The Morgan fingerprint density at radius 2 is 2.22 bits per heavy atom. The number of nitrogens with one attached hydrogen (secondary N) is 1. The van der Waals surface area contributed by atoms with Gasteiger partial charge in [0.25, 0.3) is 0 Å². The van der Waals surface area contributed by atoms with Crippen molar-refractivity contribution in [2.45, 2.75) is 32.4 Å². The van der Waals surface area contributed by atoms with Gasteiger partial charge in [-0.3, -0.25) is 0 Å². The average Bonchev–Trinajstić information content (AvgIpc) is 2.96. The van der Waals surface area contributed by atoms with E-state index in [4.69, 9.17) is 11.6 Å². The monoisotopic (exact) mass is 282 g/mol. The third kappa shape index (κ3) is 3.37. The molecule has 1 unspecified atom stereocenters. The molecule has 0 aliphatic carbocycles. The summed E-state index contributed by atoms with van der Waals surface area (Å²) >= 11 is 7.59. The molecule has 98 valence electrons. The van der Waals surface area contributed by atoms with Gasteiger partial charge in [-0.05, 0) is 37.2 Å². The summed E-state index contributed by atoms with van der Waals surface area (Å²) in [5.41, 5.74) is 1.36. The molecule has 0 aromatic carbocycles. The van der Waals surface area contributed by atoms with Crippen LogP contribution in [0.25, 0.3) is 0 Å². The predicted octanol–water partition coefficient (Wildman–Crippen LogP) is 4.31. The van der Waals surface area contributed by atoms with E-state index in [0.717, 1.165) is 10.9 Å². The first-order chi connectivity index (χ1) is 8.72. The zero-order chi connectivity index (χ0) is 13.0. The SMILES string of the molecule is CCCC(NC)c1ccn(Cc2ccc(Cl)s2)c1. The summed E-state index contributed by atoms with van der Waals surface area (Å²) in [7, 11) is 2.02. The molecular formula is C14H19ClN2S. The van der Waals surface area contributed by atoms with Gasteiger partial charge in [-0.2, -0.15) is 0 Å². The van der Waals surface area contributed by atoms with E-state index in [0.29, 0.717) is 6.04 Å². The average molecular weight is 283 g/mol. The van der Waals surface area contributed by atoms with Gasteiger partial charge in [0.05, 0.1) is 10.9 Å². The topological polar surface area (TPSA) is 17.0 Å². The second-order valence-corrected chi connectivity index (χ2v) is 6.25. The van der Waals surface area contributed by atoms with E-state index in [2.05, 4.69) is 41.3 Å². The number of hydrogen-bond donors (Lipinski definition) is 1. The van der Waals surface area contributed by atoms with Gasteiger partial charge in [0.2, 0.25) is 0 Å². The maximum absolute atomic E-state index is 5.95. The van der Waals surface area contributed by atoms with Crippen molar-refractivity contribution in [1.82, 2.24) is 9.88 Å². The lowest BCUT2D eigenvalue weighted by atomic mass is 10.1. The Hall–Kier alpha value is -0.770. The van der Waals surface area contributed by atoms with Crippen LogP contribution >= 0.6 is 22.9 Å². The Bertz CT molecular complexity index is 489. The van der Waals surface area contributed by atoms with E-state index in [1.807, 2.05) is 13.1 Å². The number of hydrogen-bond acceptors (Lipinski definition) is 2. The summed E-state index contributed by atoms with van der Waals surface area (Å²) < 4.78 is 3.08. The molecule has 0 radical (unpaired) electrons. The minimum absolute atomic E-state index is 0.461. The molecule has 2 rings (SSSR count). The maximum Gasteiger partial charge on any atom is 0.0931 e. The van der Waals surface area contributed by atoms with E-state index in [-0.39, 0.29) is 0 Å². The lowest BCUT2D eigenvalue weighted by molar-refractivity contribution is 0.540. The second kappa shape index (κ2) is 6.41. The fourth-order valence-corrected chi connectivity index (χ4v) is 3.24. The van der Waals surface area contributed by atoms with Crippen LogP contribution in [0.1, 0.15) is 36.2 Å². The molecule has 4 heteroatoms. The minimum Gasteiger partial charge on any atom is -0.349 e. The van der Waals surface area contributed by atoms with Gasteiger partial charge in [-0.15, -0.1) is 11.3 Å². The molecule has 0 spiro atoms. The van der Waals surface area contributed by atoms with Crippen LogP contribution < -0.4 is 5.32 Å². The van der Waals surface area contributed by atoms with Crippen molar-refractivity contribution in [3.8, 4) is 0 Å². The third-order valence-corrected chi connectivity index (χ3v) is 4.28. The number of halogens is 1. The highest BCUT2D eigenvalue weighted by molar-refractivity contribution is 7.16. The summed E-state index contributed by atoms with van der Waals surface area (Å²) in [6.45, 7) is 3.12. The normalized spacial score (nSPS) is 12.8. The van der Waals surface area contributed by atoms with Gasteiger partial charge < -0.3 is 9.88 Å². The van der Waals surface area contributed by atoms with Gasteiger partial charge in [0.15, 0.2) is 0 Å². The zero-order valence-electron chi connectivity index (χ0n) is 10.8. The first kappa shape index (κ1) is 13.7. The fourth-order valence-electron chi connectivity index (χ4n) is 2.15. The number of nitrogens with zero attached hydrogens (tertiary/aromatic N) is 1. The number of thiophene rings is 1. The largest absolute Gasteiger partial charge is 0.349 e. The van der Waals surface area contributed by atoms with Crippen molar-refractivity contribution < 1.29 is 0 Å². The first-order valence-corrected chi connectivity index (χ1v) is 7.49. The molecule has 0 saturated carbocycles. The Kier molecular flexibility index (Phi) is 4.87. The van der Waals surface area contributed by atoms with E-state index >= 15 is 0 Å². The molecule has 2 heterocycles. The number of aromatic nitrogens is 1. The van der Waals surface area contributed by atoms with Crippen molar-refractivity contribution in [3.63, 3.8) is 0 Å². The molecule has 1 atom stereocenters. The van der Waals surface area contributed by atoms with Crippen molar-refractivity contribution >= 4 is 22.9 Å². The van der Waals surface area contributed by atoms with Crippen LogP contribution in [-0.2, 0) is 6.54 Å². The molecule has 2 aromatic rings. The van der Waals surface area contributed by atoms with E-state index in [1.54, 1.807) is 11.3 Å². The molecule has 0 amide bonds. The third-order valence-electron chi connectivity index (χ3n) is 3.07. The van der Waals surface area contributed by atoms with E-state index < -0.39 is 0 Å². The minimum atomic E-state index is 0.461. The highest BCUT2D eigenvalue weighted by Gasteiger charge is 2.09. The predicted molar refractivity (Wildman–Crippen MR) is 79.6 cm³/mol. The Morgan fingerprint density at radius 3 is 2.83 bits per heavy atom. The molecule has 0 saturated heterocycles. The maximum atomic E-state index is 5.95. The smallest absolute Gasteiger partial charge is 0.0931 e. The summed E-state index contributed by atoms with van der Waals surface area (Å²) in [6.07, 6.45) is 6.73. The second-order valence-electron chi connectivity index (χ2n) is 4.45. The van der Waals surface area contributed by atoms with Gasteiger partial charge in [0.1, 0.15) is 0 Å². The van der Waals surface area contributed by atoms with Crippen LogP contribution in [0.15, 0.2) is 30.6 Å². The Morgan fingerprint density at radius 1 is 1.39 bits per heavy atom. The molecule has 1 N–H and O–H groups in total. The van der Waals surface area contributed by atoms with Crippen LogP contribution in [0.4, 0.5) is 0 Å². The Balaban J connectivity index is 2.05. The van der Waals surface area contributed by atoms with Gasteiger partial charge in [-0.25, -0.2) is 0 Å². The first-order valence-electron chi connectivity index (χ1n) is 6.30. The van der Waals surface area contributed by atoms with E-state index in [1.165, 1.54) is 23.3 Å². The summed E-state index contributed by atoms with van der Waals surface area (Å²) in [6, 6.07) is 6.71. The fraction of sp³-hybridized carbons (Fsp3) is 0.429. The van der Waals surface area contributed by atoms with Crippen LogP contribution in [0, 0.1) is 0 Å². The van der Waals surface area contributed by atoms with Gasteiger partial charge in [0, 0.05) is 23.3 Å². The highest BCUT2D eigenvalue weighted by Crippen LogP contribution is 2.23. The van der Waals surface area contributed by atoms with E-state index in [9.17, 15) is 0 Å². The van der Waals surface area contributed by atoms with Crippen molar-refractivity contribution in [2.75, 3.05) is 7.05 Å². The zero-order valence-corrected chi connectivity index (χ0v) is 12.4. The summed E-state index contributed by atoms with van der Waals surface area (Å²) in [5.74, 6) is 0. The van der Waals surface area contributed by atoms with Crippen LogP contribution in [0.3, 0.4) is 0 Å². The van der Waals surface area contributed by atoms with Crippen LogP contribution in [-0.4, -0.2) is 11.6 Å². The molecule has 18 heavy (non-hydrogen) atoms. The lowest BCUT2D eigenvalue weighted by Gasteiger charge is -2.13. The van der Waals surface area contributed by atoms with Crippen LogP contribution in [0.2, 0.25) is 4.34 Å². The highest BCUT2D eigenvalue weighted by atomic mass is 35.5. The molecule has 0 bridgehead atoms.